The molecule has 1 heterocycles. The topological polar surface area (TPSA) is 65.4 Å². The Morgan fingerprint density at radius 2 is 1.83 bits per heavy atom. The van der Waals surface area contributed by atoms with Crippen molar-refractivity contribution in [3.05, 3.63) is 18.0 Å². The molecule has 0 spiro atoms. The Hall–Kier alpha value is -1.34. The van der Waals surface area contributed by atoms with Gasteiger partial charge in [0.05, 0.1) is 17.3 Å². The number of aromatic nitrogens is 2. The Morgan fingerprint density at radius 1 is 1.21 bits per heavy atom. The highest BCUT2D eigenvalue weighted by Gasteiger charge is 2.70. The molecule has 29 heavy (non-hydrogen) atoms. The molecule has 3 fully saturated rings. The van der Waals surface area contributed by atoms with Gasteiger partial charge in [-0.05, 0) is 76.6 Å². The number of amides is 1. The number of hydrogen-bond donors (Lipinski definition) is 1. The molecule has 0 saturated heterocycles. The number of ether oxygens (including phenoxy) is 1. The van der Waals surface area contributed by atoms with E-state index < -0.39 is 13.9 Å². The number of hydrogen-bond acceptors (Lipinski definition) is 4. The van der Waals surface area contributed by atoms with Crippen LogP contribution in [0.1, 0.15) is 72.8 Å². The van der Waals surface area contributed by atoms with Crippen LogP contribution in [0, 0.1) is 0 Å². The average Bonchev–Trinajstić information content (AvgIpc) is 2.91. The first kappa shape index (κ1) is 22.3. The fourth-order valence-corrected chi connectivity index (χ4v) is 5.29. The number of carbonyl (C=O) groups excluding carboxylic acids is 1. The average molecular weight is 422 g/mol. The third kappa shape index (κ3) is 4.71. The van der Waals surface area contributed by atoms with Crippen molar-refractivity contribution in [2.45, 2.75) is 108 Å². The molecule has 3 saturated carbocycles. The Labute approximate surface area is 176 Å². The predicted molar refractivity (Wildman–Crippen MR) is 118 cm³/mol. The smallest absolute Gasteiger partial charge is 0.408 e. The van der Waals surface area contributed by atoms with Crippen LogP contribution in [0.25, 0.3) is 0 Å². The predicted octanol–water partition coefficient (Wildman–Crippen LogP) is 4.99. The molecule has 1 aromatic heterocycles. The number of nitrogens with one attached hydrogen (secondary N) is 1. The first-order valence-electron chi connectivity index (χ1n) is 10.8. The summed E-state index contributed by atoms with van der Waals surface area (Å²) < 4.78 is 13.8. The normalized spacial score (nSPS) is 26.5. The van der Waals surface area contributed by atoms with Gasteiger partial charge in [-0.1, -0.05) is 20.8 Å². The monoisotopic (exact) mass is 421 g/mol. The van der Waals surface area contributed by atoms with Crippen molar-refractivity contribution >= 4 is 14.4 Å². The van der Waals surface area contributed by atoms with E-state index in [9.17, 15) is 4.79 Å². The van der Waals surface area contributed by atoms with Crippen LogP contribution in [0.3, 0.4) is 0 Å². The highest BCUT2D eigenvalue weighted by molar-refractivity contribution is 6.74. The Bertz CT molecular complexity index is 738. The molecule has 1 amide bonds. The largest absolute Gasteiger partial charge is 0.444 e. The van der Waals surface area contributed by atoms with Gasteiger partial charge < -0.3 is 14.5 Å². The maximum absolute atomic E-state index is 12.1. The molecule has 3 aliphatic rings. The van der Waals surface area contributed by atoms with Crippen molar-refractivity contribution in [2.24, 2.45) is 0 Å². The minimum atomic E-state index is -1.66. The van der Waals surface area contributed by atoms with Crippen LogP contribution >= 0.6 is 0 Å². The van der Waals surface area contributed by atoms with Gasteiger partial charge in [-0.25, -0.2) is 4.79 Å². The van der Waals surface area contributed by atoms with Crippen LogP contribution in [0.4, 0.5) is 4.79 Å². The highest BCUT2D eigenvalue weighted by atomic mass is 28.4. The Balaban J connectivity index is 1.43. The number of rotatable bonds is 7. The van der Waals surface area contributed by atoms with Crippen molar-refractivity contribution in [3.8, 4) is 0 Å². The summed E-state index contributed by atoms with van der Waals surface area (Å²) >= 11 is 0. The summed E-state index contributed by atoms with van der Waals surface area (Å²) in [5.74, 6) is 0. The van der Waals surface area contributed by atoms with Gasteiger partial charge in [0.25, 0.3) is 0 Å². The second kappa shape index (κ2) is 7.12. The lowest BCUT2D eigenvalue weighted by Crippen LogP contribution is -2.79. The molecule has 0 atom stereocenters. The van der Waals surface area contributed by atoms with E-state index in [1.807, 2.05) is 27.0 Å². The van der Waals surface area contributed by atoms with Gasteiger partial charge in [-0.3, -0.25) is 4.68 Å². The summed E-state index contributed by atoms with van der Waals surface area (Å²) in [6, 6.07) is 0. The minimum Gasteiger partial charge on any atom is -0.444 e. The number of carbonyl (C=O) groups is 1. The minimum absolute atomic E-state index is 0.0882. The lowest BCUT2D eigenvalue weighted by molar-refractivity contribution is -0.143. The van der Waals surface area contributed by atoms with E-state index in [0.717, 1.165) is 38.7 Å². The molecule has 0 aliphatic heterocycles. The molecule has 1 aromatic rings. The number of alkyl carbamates (subject to hydrolysis) is 1. The molecular formula is C22H39N3O3Si. The van der Waals surface area contributed by atoms with E-state index in [0.29, 0.717) is 0 Å². The highest BCUT2D eigenvalue weighted by Crippen LogP contribution is 2.65. The van der Waals surface area contributed by atoms with E-state index >= 15 is 0 Å². The summed E-state index contributed by atoms with van der Waals surface area (Å²) in [6.45, 7) is 17.9. The molecule has 0 radical (unpaired) electrons. The quantitative estimate of drug-likeness (QED) is 0.497. The SMILES string of the molecule is CC(C)(C)OC(=O)NC12CC(n3cc(CCCO[Si](C)(C)C(C)(C)C)cn3)(C1)C2. The number of aryl methyl sites for hydroxylation is 1. The zero-order chi connectivity index (χ0) is 21.7. The second-order valence-corrected chi connectivity index (χ2v) is 16.5. The van der Waals surface area contributed by atoms with Crippen LogP contribution in [0.15, 0.2) is 12.4 Å². The van der Waals surface area contributed by atoms with E-state index in [1.54, 1.807) is 0 Å². The Morgan fingerprint density at radius 3 is 2.38 bits per heavy atom. The summed E-state index contributed by atoms with van der Waals surface area (Å²) in [7, 11) is -1.66. The molecule has 1 N–H and O–H groups in total. The van der Waals surface area contributed by atoms with Crippen LogP contribution < -0.4 is 5.32 Å². The standard InChI is InChI=1S/C22H39N3O3Si/c1-19(2,3)28-18(26)24-21-14-22(15-21,16-21)25-13-17(12-23-25)10-9-11-27-29(7,8)20(4,5)6/h12-13H,9-11,14-16H2,1-8H3,(H,24,26). The van der Waals surface area contributed by atoms with E-state index in [1.165, 1.54) is 5.56 Å². The van der Waals surface area contributed by atoms with E-state index in [2.05, 4.69) is 55.2 Å². The third-order valence-electron chi connectivity index (χ3n) is 6.77. The van der Waals surface area contributed by atoms with Crippen molar-refractivity contribution in [1.29, 1.82) is 0 Å². The molecule has 164 valence electrons. The third-order valence-corrected chi connectivity index (χ3v) is 11.3. The molecule has 0 unspecified atom stereocenters. The molecule has 4 rings (SSSR count). The molecule has 6 nitrogen and oxygen atoms in total. The first-order valence-corrected chi connectivity index (χ1v) is 13.8. The van der Waals surface area contributed by atoms with Gasteiger partial charge in [0.1, 0.15) is 5.60 Å². The molecule has 0 aromatic carbocycles. The summed E-state index contributed by atoms with van der Waals surface area (Å²) in [5, 5.41) is 7.95. The fraction of sp³-hybridized carbons (Fsp3) is 0.818. The summed E-state index contributed by atoms with van der Waals surface area (Å²) in [6.07, 6.45) is 8.69. The zero-order valence-corrected chi connectivity index (χ0v) is 20.5. The second-order valence-electron chi connectivity index (χ2n) is 11.7. The van der Waals surface area contributed by atoms with Gasteiger partial charge in [-0.2, -0.15) is 5.10 Å². The van der Waals surface area contributed by atoms with Gasteiger partial charge in [0.2, 0.25) is 0 Å². The van der Waals surface area contributed by atoms with Crippen molar-refractivity contribution < 1.29 is 14.0 Å². The van der Waals surface area contributed by atoms with Crippen molar-refractivity contribution in [3.63, 3.8) is 0 Å². The lowest BCUT2D eigenvalue weighted by Gasteiger charge is -2.69. The lowest BCUT2D eigenvalue weighted by atomic mass is 9.44. The van der Waals surface area contributed by atoms with Gasteiger partial charge >= 0.3 is 6.09 Å². The zero-order valence-electron chi connectivity index (χ0n) is 19.5. The van der Waals surface area contributed by atoms with E-state index in [4.69, 9.17) is 9.16 Å². The molecule has 2 bridgehead atoms. The van der Waals surface area contributed by atoms with Gasteiger partial charge in [0.15, 0.2) is 8.32 Å². The maximum atomic E-state index is 12.1. The fourth-order valence-electron chi connectivity index (χ4n) is 4.20. The van der Waals surface area contributed by atoms with Crippen LogP contribution in [-0.2, 0) is 21.1 Å². The molecular weight excluding hydrogens is 382 g/mol. The van der Waals surface area contributed by atoms with Crippen LogP contribution in [0.5, 0.6) is 0 Å². The van der Waals surface area contributed by atoms with Crippen molar-refractivity contribution in [1.82, 2.24) is 15.1 Å². The Kier molecular flexibility index (Phi) is 5.48. The summed E-state index contributed by atoms with van der Waals surface area (Å²) in [4.78, 5) is 12.1. The van der Waals surface area contributed by atoms with E-state index in [-0.39, 0.29) is 22.2 Å². The first-order chi connectivity index (χ1) is 13.2. The van der Waals surface area contributed by atoms with Crippen LogP contribution in [-0.4, -0.2) is 41.9 Å². The summed E-state index contributed by atoms with van der Waals surface area (Å²) in [5.41, 5.74) is 0.801. The van der Waals surface area contributed by atoms with Gasteiger partial charge in [-0.15, -0.1) is 0 Å². The van der Waals surface area contributed by atoms with Gasteiger partial charge in [0, 0.05) is 12.8 Å². The molecule has 7 heteroatoms. The molecule has 3 aliphatic carbocycles. The number of nitrogens with zero attached hydrogens (tertiary/aromatic N) is 2. The van der Waals surface area contributed by atoms with Crippen molar-refractivity contribution in [2.75, 3.05) is 6.61 Å². The van der Waals surface area contributed by atoms with Crippen LogP contribution in [0.2, 0.25) is 18.1 Å². The maximum Gasteiger partial charge on any atom is 0.408 e.